The van der Waals surface area contributed by atoms with Gasteiger partial charge in [0.1, 0.15) is 11.4 Å². The van der Waals surface area contributed by atoms with E-state index in [4.69, 9.17) is 9.47 Å². The maximum atomic E-state index is 13.0. The van der Waals surface area contributed by atoms with Gasteiger partial charge in [0, 0.05) is 25.4 Å². The summed E-state index contributed by atoms with van der Waals surface area (Å²) in [4.78, 5) is 26.9. The number of nitrogens with one attached hydrogen (secondary N) is 1. The molecule has 6 heteroatoms. The van der Waals surface area contributed by atoms with E-state index in [1.807, 2.05) is 11.8 Å². The first-order valence-corrected chi connectivity index (χ1v) is 10.5. The van der Waals surface area contributed by atoms with Gasteiger partial charge in [0.25, 0.3) is 11.8 Å². The molecule has 1 N–H and O–H groups in total. The number of amides is 2. The summed E-state index contributed by atoms with van der Waals surface area (Å²) in [7, 11) is 0. The van der Waals surface area contributed by atoms with Gasteiger partial charge < -0.3 is 19.7 Å². The standard InChI is InChI=1S/C22H32N2O4/c1-3-28-22(12-6-7-17(2)15-22)21(26)23-18-8-10-19(11-9-18)27-16-20(25)24-13-4-5-14-24/h8-11,17H,3-7,12-16H2,1-2H3,(H,23,26)/t17-,22+/m1/s1. The second-order valence-corrected chi connectivity index (χ2v) is 7.98. The SMILES string of the molecule is CCO[C@@]1(C(=O)Nc2ccc(OCC(=O)N3CCCC3)cc2)CCC[C@@H](C)C1. The topological polar surface area (TPSA) is 67.9 Å². The normalized spacial score (nSPS) is 24.8. The molecule has 3 rings (SSSR count). The maximum Gasteiger partial charge on any atom is 0.260 e. The maximum absolute atomic E-state index is 13.0. The lowest BCUT2D eigenvalue weighted by Gasteiger charge is -2.38. The average molecular weight is 389 g/mol. The summed E-state index contributed by atoms with van der Waals surface area (Å²) in [6, 6.07) is 7.17. The van der Waals surface area contributed by atoms with Crippen molar-refractivity contribution in [1.82, 2.24) is 4.90 Å². The van der Waals surface area contributed by atoms with E-state index in [2.05, 4.69) is 12.2 Å². The van der Waals surface area contributed by atoms with Gasteiger partial charge in [0.2, 0.25) is 0 Å². The Morgan fingerprint density at radius 1 is 1.18 bits per heavy atom. The van der Waals surface area contributed by atoms with Gasteiger partial charge in [-0.1, -0.05) is 13.3 Å². The Bertz CT molecular complexity index is 666. The number of benzene rings is 1. The summed E-state index contributed by atoms with van der Waals surface area (Å²) in [6.45, 7) is 6.34. The highest BCUT2D eigenvalue weighted by Crippen LogP contribution is 2.36. The lowest BCUT2D eigenvalue weighted by Crippen LogP contribution is -2.48. The molecule has 0 bridgehead atoms. The van der Waals surface area contributed by atoms with Crippen molar-refractivity contribution in [2.75, 3.05) is 31.6 Å². The van der Waals surface area contributed by atoms with Gasteiger partial charge in [-0.15, -0.1) is 0 Å². The number of nitrogens with zero attached hydrogens (tertiary/aromatic N) is 1. The summed E-state index contributed by atoms with van der Waals surface area (Å²) in [5.41, 5.74) is -0.0236. The molecule has 1 heterocycles. The molecular formula is C22H32N2O4. The third-order valence-electron chi connectivity index (χ3n) is 5.72. The van der Waals surface area contributed by atoms with Crippen molar-refractivity contribution < 1.29 is 19.1 Å². The molecular weight excluding hydrogens is 356 g/mol. The molecule has 2 amide bonds. The molecule has 1 aromatic rings. The predicted octanol–water partition coefficient (Wildman–Crippen LogP) is 3.61. The minimum absolute atomic E-state index is 0.0277. The fourth-order valence-corrected chi connectivity index (χ4v) is 4.26. The van der Waals surface area contributed by atoms with Crippen LogP contribution in [0.5, 0.6) is 5.75 Å². The highest BCUT2D eigenvalue weighted by atomic mass is 16.5. The Hall–Kier alpha value is -2.08. The molecule has 1 aliphatic heterocycles. The molecule has 1 aromatic carbocycles. The lowest BCUT2D eigenvalue weighted by molar-refractivity contribution is -0.147. The molecule has 0 spiro atoms. The van der Waals surface area contributed by atoms with Crippen LogP contribution >= 0.6 is 0 Å². The van der Waals surface area contributed by atoms with Crippen molar-refractivity contribution in [3.63, 3.8) is 0 Å². The molecule has 0 aromatic heterocycles. The number of ether oxygens (including phenoxy) is 2. The van der Waals surface area contributed by atoms with Crippen LogP contribution in [0.4, 0.5) is 5.69 Å². The Morgan fingerprint density at radius 3 is 2.54 bits per heavy atom. The van der Waals surface area contributed by atoms with Crippen molar-refractivity contribution >= 4 is 17.5 Å². The van der Waals surface area contributed by atoms with Crippen LogP contribution in [-0.2, 0) is 14.3 Å². The highest BCUT2D eigenvalue weighted by Gasteiger charge is 2.42. The minimum atomic E-state index is -0.732. The van der Waals surface area contributed by atoms with E-state index in [1.54, 1.807) is 24.3 Å². The first kappa shape index (κ1) is 20.6. The molecule has 1 saturated carbocycles. The summed E-state index contributed by atoms with van der Waals surface area (Å²) in [5, 5.41) is 3.00. The predicted molar refractivity (Wildman–Crippen MR) is 108 cm³/mol. The Kier molecular flexibility index (Phi) is 6.94. The van der Waals surface area contributed by atoms with Crippen LogP contribution in [-0.4, -0.2) is 48.6 Å². The van der Waals surface area contributed by atoms with Crippen molar-refractivity contribution in [3.05, 3.63) is 24.3 Å². The number of likely N-dealkylation sites (tertiary alicyclic amines) is 1. The molecule has 0 radical (unpaired) electrons. The van der Waals surface area contributed by atoms with Crippen LogP contribution in [0.15, 0.2) is 24.3 Å². The molecule has 28 heavy (non-hydrogen) atoms. The van der Waals surface area contributed by atoms with Crippen LogP contribution in [0.2, 0.25) is 0 Å². The summed E-state index contributed by atoms with van der Waals surface area (Å²) < 4.78 is 11.5. The molecule has 2 fully saturated rings. The van der Waals surface area contributed by atoms with Gasteiger partial charge in [-0.3, -0.25) is 9.59 Å². The zero-order valence-corrected chi connectivity index (χ0v) is 17.0. The lowest BCUT2D eigenvalue weighted by atomic mass is 9.78. The number of anilines is 1. The highest BCUT2D eigenvalue weighted by molar-refractivity contribution is 5.97. The van der Waals surface area contributed by atoms with E-state index >= 15 is 0 Å². The fraction of sp³-hybridized carbons (Fsp3) is 0.636. The summed E-state index contributed by atoms with van der Waals surface area (Å²) in [5.74, 6) is 1.06. The van der Waals surface area contributed by atoms with Crippen LogP contribution in [0, 0.1) is 5.92 Å². The van der Waals surface area contributed by atoms with E-state index in [1.165, 1.54) is 0 Å². The zero-order valence-electron chi connectivity index (χ0n) is 17.0. The number of rotatable bonds is 7. The Labute approximate surface area is 167 Å². The van der Waals surface area contributed by atoms with Gasteiger partial charge in [0.15, 0.2) is 6.61 Å². The van der Waals surface area contributed by atoms with Gasteiger partial charge in [-0.25, -0.2) is 0 Å². The molecule has 6 nitrogen and oxygen atoms in total. The van der Waals surface area contributed by atoms with Crippen molar-refractivity contribution in [2.24, 2.45) is 5.92 Å². The van der Waals surface area contributed by atoms with E-state index in [0.29, 0.717) is 24.0 Å². The van der Waals surface area contributed by atoms with E-state index < -0.39 is 5.60 Å². The largest absolute Gasteiger partial charge is 0.484 e. The summed E-state index contributed by atoms with van der Waals surface area (Å²) in [6.07, 6.45) is 5.81. The van der Waals surface area contributed by atoms with Gasteiger partial charge in [0.05, 0.1) is 0 Å². The smallest absolute Gasteiger partial charge is 0.260 e. The molecule has 2 atom stereocenters. The molecule has 1 saturated heterocycles. The van der Waals surface area contributed by atoms with Crippen LogP contribution in [0.3, 0.4) is 0 Å². The van der Waals surface area contributed by atoms with Crippen LogP contribution in [0.1, 0.15) is 52.4 Å². The third kappa shape index (κ3) is 5.04. The number of carbonyl (C=O) groups excluding carboxylic acids is 2. The van der Waals surface area contributed by atoms with Crippen molar-refractivity contribution in [3.8, 4) is 5.75 Å². The third-order valence-corrected chi connectivity index (χ3v) is 5.72. The van der Waals surface area contributed by atoms with Gasteiger partial charge in [-0.05, 0) is 69.2 Å². The van der Waals surface area contributed by atoms with Crippen molar-refractivity contribution in [1.29, 1.82) is 0 Å². The molecule has 154 valence electrons. The van der Waals surface area contributed by atoms with E-state index in [9.17, 15) is 9.59 Å². The Balaban J connectivity index is 1.55. The van der Waals surface area contributed by atoms with Gasteiger partial charge >= 0.3 is 0 Å². The summed E-state index contributed by atoms with van der Waals surface area (Å²) >= 11 is 0. The van der Waals surface area contributed by atoms with Gasteiger partial charge in [-0.2, -0.15) is 0 Å². The minimum Gasteiger partial charge on any atom is -0.484 e. The number of carbonyl (C=O) groups is 2. The number of hydrogen-bond donors (Lipinski definition) is 1. The molecule has 1 aliphatic carbocycles. The first-order valence-electron chi connectivity index (χ1n) is 10.5. The van der Waals surface area contributed by atoms with Crippen molar-refractivity contribution in [2.45, 2.75) is 58.0 Å². The molecule has 2 aliphatic rings. The average Bonchev–Trinajstić information content (AvgIpc) is 3.22. The Morgan fingerprint density at radius 2 is 1.89 bits per heavy atom. The second-order valence-electron chi connectivity index (χ2n) is 7.98. The monoisotopic (exact) mass is 388 g/mol. The quantitative estimate of drug-likeness (QED) is 0.775. The van der Waals surface area contributed by atoms with Crippen LogP contribution in [0.25, 0.3) is 0 Å². The van der Waals surface area contributed by atoms with E-state index in [-0.39, 0.29) is 18.4 Å². The zero-order chi connectivity index (χ0) is 20.0. The fourth-order valence-electron chi connectivity index (χ4n) is 4.26. The second kappa shape index (κ2) is 9.41. The van der Waals surface area contributed by atoms with E-state index in [0.717, 1.165) is 51.6 Å². The molecule has 0 unspecified atom stereocenters. The van der Waals surface area contributed by atoms with Crippen LogP contribution < -0.4 is 10.1 Å². The first-order chi connectivity index (χ1) is 13.5. The number of hydrogen-bond acceptors (Lipinski definition) is 4.